The molecule has 2 amide bonds. The average molecular weight is 320 g/mol. The quantitative estimate of drug-likeness (QED) is 0.880. The van der Waals surface area contributed by atoms with Crippen molar-refractivity contribution >= 4 is 11.7 Å². The number of aromatic nitrogens is 2. The molecule has 128 valence electrons. The first-order valence-electron chi connectivity index (χ1n) is 8.77. The third kappa shape index (κ3) is 2.96. The van der Waals surface area contributed by atoms with E-state index in [1.54, 1.807) is 0 Å². The molecule has 2 atom stereocenters. The maximum Gasteiger partial charge on any atom is 0.321 e. The lowest BCUT2D eigenvalue weighted by Gasteiger charge is -2.47. The highest BCUT2D eigenvalue weighted by Gasteiger charge is 2.43. The Hall–Kier alpha value is -1.56. The number of fused-ring (bicyclic) bond motifs is 1. The van der Waals surface area contributed by atoms with E-state index in [0.29, 0.717) is 19.5 Å². The van der Waals surface area contributed by atoms with Crippen molar-refractivity contribution in [3.63, 3.8) is 0 Å². The molecule has 2 N–H and O–H groups in total. The number of rotatable bonds is 2. The van der Waals surface area contributed by atoms with E-state index < -0.39 is 5.60 Å². The molecular formula is C17H28N4O2. The molecule has 1 saturated heterocycles. The van der Waals surface area contributed by atoms with Gasteiger partial charge in [-0.3, -0.25) is 4.68 Å². The van der Waals surface area contributed by atoms with Crippen LogP contribution in [0, 0.1) is 19.8 Å². The number of urea groups is 1. The Morgan fingerprint density at radius 1 is 1.39 bits per heavy atom. The molecule has 23 heavy (non-hydrogen) atoms. The molecule has 6 nitrogen and oxygen atoms in total. The lowest BCUT2D eigenvalue weighted by molar-refractivity contribution is -0.0863. The molecule has 1 saturated carbocycles. The molecule has 2 fully saturated rings. The van der Waals surface area contributed by atoms with Crippen molar-refractivity contribution in [3.05, 3.63) is 11.4 Å². The summed E-state index contributed by atoms with van der Waals surface area (Å²) in [5, 5.41) is 18.2. The van der Waals surface area contributed by atoms with Crippen molar-refractivity contribution in [2.24, 2.45) is 5.92 Å². The molecule has 6 heteroatoms. The van der Waals surface area contributed by atoms with Gasteiger partial charge in [0, 0.05) is 25.6 Å². The number of hydrogen-bond donors (Lipinski definition) is 2. The number of carbonyl (C=O) groups is 1. The van der Waals surface area contributed by atoms with Crippen LogP contribution in [-0.2, 0) is 6.54 Å². The van der Waals surface area contributed by atoms with Gasteiger partial charge in [0.2, 0.25) is 0 Å². The van der Waals surface area contributed by atoms with Crippen LogP contribution in [0.3, 0.4) is 0 Å². The second-order valence-electron chi connectivity index (χ2n) is 7.03. The molecule has 0 bridgehead atoms. The number of amides is 2. The topological polar surface area (TPSA) is 70.4 Å². The molecular weight excluding hydrogens is 292 g/mol. The first-order chi connectivity index (χ1) is 10.9. The van der Waals surface area contributed by atoms with Crippen LogP contribution in [0.5, 0.6) is 0 Å². The van der Waals surface area contributed by atoms with Gasteiger partial charge in [0.1, 0.15) is 0 Å². The number of anilines is 1. The number of likely N-dealkylation sites (tertiary alicyclic amines) is 1. The van der Waals surface area contributed by atoms with Gasteiger partial charge in [-0.1, -0.05) is 12.8 Å². The van der Waals surface area contributed by atoms with Gasteiger partial charge in [-0.15, -0.1) is 0 Å². The highest BCUT2D eigenvalue weighted by atomic mass is 16.3. The van der Waals surface area contributed by atoms with E-state index >= 15 is 0 Å². The van der Waals surface area contributed by atoms with E-state index in [1.807, 2.05) is 30.4 Å². The van der Waals surface area contributed by atoms with Crippen LogP contribution < -0.4 is 5.32 Å². The standard InChI is InChI=1S/C17H28N4O2/c1-4-21-13(3)15(12(2)19-21)18-16(22)20-10-9-17(23)8-6-5-7-14(17)11-20/h14,23H,4-11H2,1-3H3,(H,18,22). The number of nitrogens with one attached hydrogen (secondary N) is 1. The fraction of sp³-hybridized carbons (Fsp3) is 0.765. The lowest BCUT2D eigenvalue weighted by atomic mass is 9.71. The Bertz CT molecular complexity index is 598. The minimum Gasteiger partial charge on any atom is -0.389 e. The summed E-state index contributed by atoms with van der Waals surface area (Å²) in [6.45, 7) is 8.02. The summed E-state index contributed by atoms with van der Waals surface area (Å²) in [5.74, 6) is 0.219. The van der Waals surface area contributed by atoms with Crippen LogP contribution in [-0.4, -0.2) is 44.5 Å². The average Bonchev–Trinajstić information content (AvgIpc) is 2.81. The second kappa shape index (κ2) is 6.15. The third-order valence-electron chi connectivity index (χ3n) is 5.63. The Balaban J connectivity index is 1.69. The van der Waals surface area contributed by atoms with Gasteiger partial charge in [0.05, 0.1) is 22.7 Å². The van der Waals surface area contributed by atoms with E-state index in [0.717, 1.165) is 49.3 Å². The molecule has 0 aromatic carbocycles. The molecule has 1 aromatic heterocycles. The molecule has 1 aliphatic carbocycles. The molecule has 3 rings (SSSR count). The van der Waals surface area contributed by atoms with Crippen LogP contribution in [0.1, 0.15) is 50.4 Å². The van der Waals surface area contributed by atoms with E-state index in [2.05, 4.69) is 10.4 Å². The van der Waals surface area contributed by atoms with Gasteiger partial charge >= 0.3 is 6.03 Å². The van der Waals surface area contributed by atoms with Gasteiger partial charge in [0.15, 0.2) is 0 Å². The smallest absolute Gasteiger partial charge is 0.321 e. The zero-order valence-corrected chi connectivity index (χ0v) is 14.4. The van der Waals surface area contributed by atoms with E-state index in [4.69, 9.17) is 0 Å². The van der Waals surface area contributed by atoms with Crippen LogP contribution in [0.25, 0.3) is 0 Å². The largest absolute Gasteiger partial charge is 0.389 e. The predicted octanol–water partition coefficient (Wildman–Crippen LogP) is 2.68. The predicted molar refractivity (Wildman–Crippen MR) is 89.5 cm³/mol. The summed E-state index contributed by atoms with van der Waals surface area (Å²) < 4.78 is 1.90. The number of nitrogens with zero attached hydrogens (tertiary/aromatic N) is 3. The minimum atomic E-state index is -0.548. The van der Waals surface area contributed by atoms with Crippen molar-refractivity contribution in [2.45, 2.75) is 65.0 Å². The van der Waals surface area contributed by atoms with Crippen LogP contribution in [0.2, 0.25) is 0 Å². The summed E-state index contributed by atoms with van der Waals surface area (Å²) in [6, 6.07) is -0.0699. The number of aliphatic hydroxyl groups is 1. The highest BCUT2D eigenvalue weighted by Crippen LogP contribution is 2.39. The summed E-state index contributed by atoms with van der Waals surface area (Å²) in [5.41, 5.74) is 2.11. The molecule has 0 spiro atoms. The maximum atomic E-state index is 12.6. The summed E-state index contributed by atoms with van der Waals surface area (Å²) in [6.07, 6.45) is 4.86. The van der Waals surface area contributed by atoms with Gasteiger partial charge in [-0.25, -0.2) is 4.79 Å². The zero-order valence-electron chi connectivity index (χ0n) is 14.4. The molecule has 1 aliphatic heterocycles. The Morgan fingerprint density at radius 2 is 2.17 bits per heavy atom. The normalized spacial score (nSPS) is 27.7. The van der Waals surface area contributed by atoms with Crippen molar-refractivity contribution in [3.8, 4) is 0 Å². The van der Waals surface area contributed by atoms with E-state index in [1.165, 1.54) is 0 Å². The highest BCUT2D eigenvalue weighted by molar-refractivity contribution is 5.90. The van der Waals surface area contributed by atoms with Gasteiger partial charge in [-0.2, -0.15) is 5.10 Å². The molecule has 2 heterocycles. The van der Waals surface area contributed by atoms with Crippen LogP contribution in [0.4, 0.5) is 10.5 Å². The molecule has 0 radical (unpaired) electrons. The maximum absolute atomic E-state index is 12.6. The van der Waals surface area contributed by atoms with E-state index in [-0.39, 0.29) is 11.9 Å². The monoisotopic (exact) mass is 320 g/mol. The van der Waals surface area contributed by atoms with Crippen LogP contribution in [0.15, 0.2) is 0 Å². The minimum absolute atomic E-state index is 0.0699. The van der Waals surface area contributed by atoms with Crippen molar-refractivity contribution < 1.29 is 9.90 Å². The SMILES string of the molecule is CCn1nc(C)c(NC(=O)N2CCC3(O)CCCCC3C2)c1C. The first kappa shape index (κ1) is 16.3. The Kier molecular flexibility index (Phi) is 4.36. The zero-order chi connectivity index (χ0) is 16.6. The Labute approximate surface area is 137 Å². The van der Waals surface area contributed by atoms with Gasteiger partial charge < -0.3 is 15.3 Å². The summed E-state index contributed by atoms with van der Waals surface area (Å²) in [7, 11) is 0. The number of aryl methyl sites for hydroxylation is 2. The molecule has 2 aliphatic rings. The van der Waals surface area contributed by atoms with Gasteiger partial charge in [-0.05, 0) is 40.0 Å². The van der Waals surface area contributed by atoms with Crippen LogP contribution >= 0.6 is 0 Å². The summed E-state index contributed by atoms with van der Waals surface area (Å²) >= 11 is 0. The third-order valence-corrected chi connectivity index (χ3v) is 5.63. The molecule has 1 aromatic rings. The van der Waals surface area contributed by atoms with Crippen molar-refractivity contribution in [2.75, 3.05) is 18.4 Å². The fourth-order valence-corrected chi connectivity index (χ4v) is 4.13. The van der Waals surface area contributed by atoms with E-state index in [9.17, 15) is 9.90 Å². The Morgan fingerprint density at radius 3 is 2.87 bits per heavy atom. The number of carbonyl (C=O) groups excluding carboxylic acids is 1. The second-order valence-corrected chi connectivity index (χ2v) is 7.03. The molecule has 2 unspecified atom stereocenters. The fourth-order valence-electron chi connectivity index (χ4n) is 4.13. The first-order valence-corrected chi connectivity index (χ1v) is 8.77. The van der Waals surface area contributed by atoms with Crippen molar-refractivity contribution in [1.82, 2.24) is 14.7 Å². The lowest BCUT2D eigenvalue weighted by Crippen LogP contribution is -2.55. The summed E-state index contributed by atoms with van der Waals surface area (Å²) in [4.78, 5) is 14.5. The van der Waals surface area contributed by atoms with Crippen molar-refractivity contribution in [1.29, 1.82) is 0 Å². The van der Waals surface area contributed by atoms with Gasteiger partial charge in [0.25, 0.3) is 0 Å². The number of piperidine rings is 1. The number of hydrogen-bond acceptors (Lipinski definition) is 3.